The molecule has 1 aliphatic heterocycles. The van der Waals surface area contributed by atoms with Gasteiger partial charge >= 0.3 is 0 Å². The molecule has 2 atom stereocenters. The molecule has 2 unspecified atom stereocenters. The van der Waals surface area contributed by atoms with Crippen LogP contribution in [0.5, 0.6) is 0 Å². The number of aromatic nitrogens is 2. The van der Waals surface area contributed by atoms with Crippen LogP contribution in [-0.4, -0.2) is 39.7 Å². The van der Waals surface area contributed by atoms with Crippen molar-refractivity contribution in [3.8, 4) is 0 Å². The average molecular weight is 338 g/mol. The predicted octanol–water partition coefficient (Wildman–Crippen LogP) is 2.62. The number of rotatable bonds is 7. The number of likely N-dealkylation sites (tertiary alicyclic amines) is 1. The minimum absolute atomic E-state index is 0.146. The summed E-state index contributed by atoms with van der Waals surface area (Å²) in [6.45, 7) is 2.35. The van der Waals surface area contributed by atoms with Gasteiger partial charge in [-0.3, -0.25) is 14.4 Å². The third-order valence-electron chi connectivity index (χ3n) is 5.37. The van der Waals surface area contributed by atoms with E-state index < -0.39 is 0 Å². The van der Waals surface area contributed by atoms with Crippen molar-refractivity contribution in [1.29, 1.82) is 0 Å². The zero-order chi connectivity index (χ0) is 17.1. The van der Waals surface area contributed by atoms with Gasteiger partial charge in [0.25, 0.3) is 0 Å². The normalized spacial score (nSPS) is 22.0. The Morgan fingerprint density at radius 3 is 2.76 bits per heavy atom. The fourth-order valence-electron chi connectivity index (χ4n) is 3.90. The number of amides is 1. The fraction of sp³-hybridized carbons (Fsp3) is 0.500. The molecule has 1 saturated carbocycles. The molecule has 132 valence electrons. The maximum atomic E-state index is 12.7. The van der Waals surface area contributed by atoms with E-state index in [4.69, 9.17) is 0 Å². The van der Waals surface area contributed by atoms with Gasteiger partial charge in [0.1, 0.15) is 0 Å². The zero-order valence-electron chi connectivity index (χ0n) is 14.6. The fourth-order valence-corrected chi connectivity index (χ4v) is 3.90. The van der Waals surface area contributed by atoms with Crippen LogP contribution < -0.4 is 5.32 Å². The molecule has 0 spiro atoms. The van der Waals surface area contributed by atoms with E-state index in [1.165, 1.54) is 18.4 Å². The Bertz CT molecular complexity index is 681. The molecular weight excluding hydrogens is 312 g/mol. The van der Waals surface area contributed by atoms with E-state index in [0.29, 0.717) is 18.5 Å². The molecule has 0 radical (unpaired) electrons. The summed E-state index contributed by atoms with van der Waals surface area (Å²) in [5.74, 6) is 0.748. The highest BCUT2D eigenvalue weighted by molar-refractivity contribution is 5.78. The highest BCUT2D eigenvalue weighted by Gasteiger charge is 2.34. The van der Waals surface area contributed by atoms with E-state index in [9.17, 15) is 4.79 Å². The lowest BCUT2D eigenvalue weighted by molar-refractivity contribution is -0.123. The molecule has 1 aliphatic carbocycles. The molecule has 4 rings (SSSR count). The van der Waals surface area contributed by atoms with Gasteiger partial charge in [-0.25, -0.2) is 0 Å². The second-order valence-corrected chi connectivity index (χ2v) is 7.29. The van der Waals surface area contributed by atoms with Gasteiger partial charge in [-0.1, -0.05) is 30.3 Å². The average Bonchev–Trinajstić information content (AvgIpc) is 3.17. The molecule has 1 aromatic carbocycles. The first-order chi connectivity index (χ1) is 12.3. The van der Waals surface area contributed by atoms with Crippen molar-refractivity contribution in [3.05, 3.63) is 54.4 Å². The monoisotopic (exact) mass is 338 g/mol. The van der Waals surface area contributed by atoms with Crippen LogP contribution in [0.1, 0.15) is 37.3 Å². The van der Waals surface area contributed by atoms with E-state index in [-0.39, 0.29) is 11.9 Å². The van der Waals surface area contributed by atoms with E-state index in [1.54, 1.807) is 0 Å². The molecule has 0 bridgehead atoms. The van der Waals surface area contributed by atoms with Gasteiger partial charge < -0.3 is 5.32 Å². The Morgan fingerprint density at radius 1 is 1.20 bits per heavy atom. The van der Waals surface area contributed by atoms with Crippen LogP contribution in [0.4, 0.5) is 0 Å². The third kappa shape index (κ3) is 4.10. The summed E-state index contributed by atoms with van der Waals surface area (Å²) in [6, 6.07) is 12.9. The Morgan fingerprint density at radius 2 is 2.04 bits per heavy atom. The highest BCUT2D eigenvalue weighted by atomic mass is 16.2. The summed E-state index contributed by atoms with van der Waals surface area (Å²) in [7, 11) is 0. The first-order valence-corrected chi connectivity index (χ1v) is 9.35. The largest absolute Gasteiger partial charge is 0.348 e. The van der Waals surface area contributed by atoms with Crippen LogP contribution in [0.25, 0.3) is 0 Å². The predicted molar refractivity (Wildman–Crippen MR) is 96.9 cm³/mol. The summed E-state index contributed by atoms with van der Waals surface area (Å²) in [5, 5.41) is 7.60. The van der Waals surface area contributed by atoms with Gasteiger partial charge in [0.15, 0.2) is 0 Å². The Kier molecular flexibility index (Phi) is 4.83. The quantitative estimate of drug-likeness (QED) is 0.844. The summed E-state index contributed by atoms with van der Waals surface area (Å²) in [4.78, 5) is 15.0. The summed E-state index contributed by atoms with van der Waals surface area (Å²) in [6.07, 6.45) is 8.53. The number of hydrogen-bond acceptors (Lipinski definition) is 3. The van der Waals surface area contributed by atoms with Crippen molar-refractivity contribution >= 4 is 5.91 Å². The van der Waals surface area contributed by atoms with Crippen LogP contribution in [0.3, 0.4) is 0 Å². The van der Waals surface area contributed by atoms with E-state index >= 15 is 0 Å². The standard InChI is InChI=1S/C20H26N4O/c25-19(22-20(17-9-10-17)16-6-2-1-3-7-16)15-23-12-4-8-18(23)14-24-13-5-11-21-24/h1-3,5-7,11,13,17-18,20H,4,8-10,12,14-15H2,(H,22,25). The number of nitrogens with one attached hydrogen (secondary N) is 1. The van der Waals surface area contributed by atoms with Gasteiger partial charge in [0.05, 0.1) is 19.1 Å². The molecular formula is C20H26N4O. The molecule has 1 N–H and O–H groups in total. The third-order valence-corrected chi connectivity index (χ3v) is 5.37. The van der Waals surface area contributed by atoms with Crippen molar-refractivity contribution in [2.24, 2.45) is 5.92 Å². The van der Waals surface area contributed by atoms with Gasteiger partial charge in [-0.15, -0.1) is 0 Å². The van der Waals surface area contributed by atoms with Gasteiger partial charge in [0, 0.05) is 18.4 Å². The minimum atomic E-state index is 0.146. The van der Waals surface area contributed by atoms with Crippen LogP contribution >= 0.6 is 0 Å². The van der Waals surface area contributed by atoms with E-state index in [0.717, 1.165) is 25.9 Å². The molecule has 25 heavy (non-hydrogen) atoms. The topological polar surface area (TPSA) is 50.2 Å². The van der Waals surface area contributed by atoms with Crippen LogP contribution in [0.2, 0.25) is 0 Å². The molecule has 5 heteroatoms. The second-order valence-electron chi connectivity index (χ2n) is 7.29. The summed E-state index contributed by atoms with van der Waals surface area (Å²) < 4.78 is 1.97. The lowest BCUT2D eigenvalue weighted by atomic mass is 10.0. The zero-order valence-corrected chi connectivity index (χ0v) is 14.6. The minimum Gasteiger partial charge on any atom is -0.348 e. The van der Waals surface area contributed by atoms with Gasteiger partial charge in [-0.05, 0) is 49.8 Å². The van der Waals surface area contributed by atoms with Crippen molar-refractivity contribution in [3.63, 3.8) is 0 Å². The Balaban J connectivity index is 1.36. The molecule has 1 aromatic heterocycles. The summed E-state index contributed by atoms with van der Waals surface area (Å²) in [5.41, 5.74) is 1.23. The number of benzene rings is 1. The molecule has 1 saturated heterocycles. The molecule has 2 fully saturated rings. The molecule has 2 aliphatic rings. The molecule has 5 nitrogen and oxygen atoms in total. The van der Waals surface area contributed by atoms with Crippen LogP contribution in [-0.2, 0) is 11.3 Å². The van der Waals surface area contributed by atoms with E-state index in [1.807, 2.05) is 29.2 Å². The first kappa shape index (κ1) is 16.3. The SMILES string of the molecule is O=C(CN1CCCC1Cn1cccn1)NC(c1ccccc1)C1CC1. The molecule has 2 heterocycles. The Labute approximate surface area is 149 Å². The van der Waals surface area contributed by atoms with Gasteiger partial charge in [0.2, 0.25) is 5.91 Å². The lowest BCUT2D eigenvalue weighted by Gasteiger charge is -2.26. The maximum Gasteiger partial charge on any atom is 0.234 e. The smallest absolute Gasteiger partial charge is 0.234 e. The Hall–Kier alpha value is -2.14. The first-order valence-electron chi connectivity index (χ1n) is 9.35. The number of hydrogen-bond donors (Lipinski definition) is 1. The maximum absolute atomic E-state index is 12.7. The van der Waals surface area contributed by atoms with Gasteiger partial charge in [-0.2, -0.15) is 5.10 Å². The molecule has 2 aromatic rings. The number of carbonyl (C=O) groups is 1. The number of carbonyl (C=O) groups excluding carboxylic acids is 1. The van der Waals surface area contributed by atoms with Crippen LogP contribution in [0, 0.1) is 5.92 Å². The molecule has 1 amide bonds. The van der Waals surface area contributed by atoms with Crippen molar-refractivity contribution < 1.29 is 4.79 Å². The second kappa shape index (κ2) is 7.40. The lowest BCUT2D eigenvalue weighted by Crippen LogP contribution is -2.42. The van der Waals surface area contributed by atoms with Crippen molar-refractivity contribution in [2.75, 3.05) is 13.1 Å². The van der Waals surface area contributed by atoms with Crippen molar-refractivity contribution in [2.45, 2.75) is 44.3 Å². The van der Waals surface area contributed by atoms with Crippen molar-refractivity contribution in [1.82, 2.24) is 20.0 Å². The summed E-state index contributed by atoms with van der Waals surface area (Å²) >= 11 is 0. The number of nitrogens with zero attached hydrogens (tertiary/aromatic N) is 3. The van der Waals surface area contributed by atoms with Crippen LogP contribution in [0.15, 0.2) is 48.8 Å². The van der Waals surface area contributed by atoms with E-state index in [2.05, 4.69) is 39.6 Å². The highest BCUT2D eigenvalue weighted by Crippen LogP contribution is 2.40.